The summed E-state index contributed by atoms with van der Waals surface area (Å²) < 4.78 is 2.20. The Morgan fingerprint density at radius 3 is 2.81 bits per heavy atom. The maximum Gasteiger partial charge on any atom is 0.0481 e. The molecule has 2 aromatic rings. The number of nitrogens with zero attached hydrogens (tertiary/aromatic N) is 2. The van der Waals surface area contributed by atoms with Crippen molar-refractivity contribution in [3.63, 3.8) is 0 Å². The fourth-order valence-electron chi connectivity index (χ4n) is 2.53. The van der Waals surface area contributed by atoms with Crippen LogP contribution in [0.3, 0.4) is 0 Å². The minimum absolute atomic E-state index is 0.384. The van der Waals surface area contributed by atoms with Crippen LogP contribution in [-0.4, -0.2) is 28.6 Å². The van der Waals surface area contributed by atoms with Gasteiger partial charge < -0.3 is 10.3 Å². The Bertz CT molecular complexity index is 509. The molecule has 0 unspecified atom stereocenters. The highest BCUT2D eigenvalue weighted by atomic mass is 15.2. The third-order valence-electron chi connectivity index (χ3n) is 3.36. The standard InChI is InChI=1S/C13H17N3/c1-15-6-10(7-16-8-11(14)9-16)12-4-2-3-5-13(12)15/h2-6,11H,7-9,14H2,1H3. The van der Waals surface area contributed by atoms with Crippen LogP contribution in [0.25, 0.3) is 10.9 Å². The zero-order valence-corrected chi connectivity index (χ0v) is 9.56. The average Bonchev–Trinajstić information content (AvgIpc) is 2.55. The summed E-state index contributed by atoms with van der Waals surface area (Å²) in [4.78, 5) is 2.40. The van der Waals surface area contributed by atoms with Crippen LogP contribution >= 0.6 is 0 Å². The smallest absolute Gasteiger partial charge is 0.0481 e. The molecule has 84 valence electrons. The second kappa shape index (κ2) is 3.61. The number of nitrogens with two attached hydrogens (primary N) is 1. The molecule has 3 nitrogen and oxygen atoms in total. The van der Waals surface area contributed by atoms with Crippen molar-refractivity contribution >= 4 is 10.9 Å². The molecule has 16 heavy (non-hydrogen) atoms. The van der Waals surface area contributed by atoms with E-state index in [0.717, 1.165) is 19.6 Å². The zero-order valence-electron chi connectivity index (χ0n) is 9.56. The first-order valence-corrected chi connectivity index (χ1v) is 5.75. The third kappa shape index (κ3) is 1.52. The first-order valence-electron chi connectivity index (χ1n) is 5.75. The van der Waals surface area contributed by atoms with Gasteiger partial charge in [-0.1, -0.05) is 18.2 Å². The first kappa shape index (κ1) is 9.87. The molecule has 0 atom stereocenters. The van der Waals surface area contributed by atoms with Crippen molar-refractivity contribution in [2.75, 3.05) is 13.1 Å². The van der Waals surface area contributed by atoms with Gasteiger partial charge in [0.25, 0.3) is 0 Å². The number of aromatic nitrogens is 1. The molecule has 1 fully saturated rings. The van der Waals surface area contributed by atoms with Crippen LogP contribution in [0.4, 0.5) is 0 Å². The fourth-order valence-corrected chi connectivity index (χ4v) is 2.53. The van der Waals surface area contributed by atoms with Crippen molar-refractivity contribution in [2.45, 2.75) is 12.6 Å². The number of likely N-dealkylation sites (tertiary alicyclic amines) is 1. The van der Waals surface area contributed by atoms with E-state index in [1.54, 1.807) is 0 Å². The fraction of sp³-hybridized carbons (Fsp3) is 0.385. The van der Waals surface area contributed by atoms with E-state index >= 15 is 0 Å². The Hall–Kier alpha value is -1.32. The molecule has 1 aromatic carbocycles. The van der Waals surface area contributed by atoms with Crippen LogP contribution in [-0.2, 0) is 13.6 Å². The SMILES string of the molecule is Cn1cc(CN2CC(N)C2)c2ccccc21. The maximum absolute atomic E-state index is 5.79. The van der Waals surface area contributed by atoms with E-state index in [4.69, 9.17) is 5.73 Å². The lowest BCUT2D eigenvalue weighted by Crippen LogP contribution is -2.54. The van der Waals surface area contributed by atoms with Crippen LogP contribution in [0.5, 0.6) is 0 Å². The Morgan fingerprint density at radius 2 is 2.06 bits per heavy atom. The van der Waals surface area contributed by atoms with Gasteiger partial charge in [0.2, 0.25) is 0 Å². The molecule has 0 bridgehead atoms. The molecule has 0 amide bonds. The van der Waals surface area contributed by atoms with Gasteiger partial charge in [-0.25, -0.2) is 0 Å². The largest absolute Gasteiger partial charge is 0.350 e. The highest BCUT2D eigenvalue weighted by Gasteiger charge is 2.23. The van der Waals surface area contributed by atoms with Gasteiger partial charge in [0.1, 0.15) is 0 Å². The Labute approximate surface area is 95.5 Å². The highest BCUT2D eigenvalue weighted by molar-refractivity contribution is 5.83. The average molecular weight is 215 g/mol. The molecule has 2 N–H and O–H groups in total. The number of hydrogen-bond acceptors (Lipinski definition) is 2. The second-order valence-corrected chi connectivity index (χ2v) is 4.74. The zero-order chi connectivity index (χ0) is 11.1. The number of rotatable bonds is 2. The van der Waals surface area contributed by atoms with Crippen molar-refractivity contribution in [1.82, 2.24) is 9.47 Å². The predicted octanol–water partition coefficient (Wildman–Crippen LogP) is 1.32. The second-order valence-electron chi connectivity index (χ2n) is 4.74. The lowest BCUT2D eigenvalue weighted by atomic mass is 10.1. The van der Waals surface area contributed by atoms with Crippen molar-refractivity contribution in [3.05, 3.63) is 36.0 Å². The molecule has 3 rings (SSSR count). The predicted molar refractivity (Wildman–Crippen MR) is 66.2 cm³/mol. The lowest BCUT2D eigenvalue weighted by Gasteiger charge is -2.36. The lowest BCUT2D eigenvalue weighted by molar-refractivity contribution is 0.143. The summed E-state index contributed by atoms with van der Waals surface area (Å²) in [5.74, 6) is 0. The van der Waals surface area contributed by atoms with E-state index in [1.165, 1.54) is 16.5 Å². The van der Waals surface area contributed by atoms with Crippen LogP contribution in [0, 0.1) is 0 Å². The van der Waals surface area contributed by atoms with Crippen molar-refractivity contribution in [3.8, 4) is 0 Å². The molecule has 1 aromatic heterocycles. The molecule has 0 saturated carbocycles. The molecule has 1 saturated heterocycles. The van der Waals surface area contributed by atoms with Gasteiger partial charge in [-0.15, -0.1) is 0 Å². The van der Waals surface area contributed by atoms with Crippen molar-refractivity contribution < 1.29 is 0 Å². The first-order chi connectivity index (χ1) is 7.74. The molecule has 1 aliphatic heterocycles. The van der Waals surface area contributed by atoms with Gasteiger partial charge in [0, 0.05) is 49.8 Å². The maximum atomic E-state index is 5.79. The van der Waals surface area contributed by atoms with Gasteiger partial charge in [0.15, 0.2) is 0 Å². The Morgan fingerprint density at radius 1 is 1.31 bits per heavy atom. The minimum Gasteiger partial charge on any atom is -0.350 e. The highest BCUT2D eigenvalue weighted by Crippen LogP contribution is 2.23. The van der Waals surface area contributed by atoms with E-state index in [1.807, 2.05) is 0 Å². The van der Waals surface area contributed by atoms with E-state index in [0.29, 0.717) is 6.04 Å². The Kier molecular flexibility index (Phi) is 2.23. The monoisotopic (exact) mass is 215 g/mol. The van der Waals surface area contributed by atoms with E-state index in [2.05, 4.69) is 47.0 Å². The quantitative estimate of drug-likeness (QED) is 0.820. The van der Waals surface area contributed by atoms with Crippen molar-refractivity contribution in [1.29, 1.82) is 0 Å². The van der Waals surface area contributed by atoms with Gasteiger partial charge in [-0.2, -0.15) is 0 Å². The van der Waals surface area contributed by atoms with Gasteiger partial charge in [0.05, 0.1) is 0 Å². The molecule has 0 spiro atoms. The molecule has 0 aliphatic carbocycles. The molecule has 0 radical (unpaired) electrons. The van der Waals surface area contributed by atoms with E-state index < -0.39 is 0 Å². The normalized spacial score (nSPS) is 17.9. The number of hydrogen-bond donors (Lipinski definition) is 1. The Balaban J connectivity index is 1.92. The molecule has 2 heterocycles. The summed E-state index contributed by atoms with van der Waals surface area (Å²) in [5.41, 5.74) is 8.51. The molecule has 1 aliphatic rings. The number of aryl methyl sites for hydroxylation is 1. The minimum atomic E-state index is 0.384. The third-order valence-corrected chi connectivity index (χ3v) is 3.36. The van der Waals surface area contributed by atoms with Crippen molar-refractivity contribution in [2.24, 2.45) is 12.8 Å². The summed E-state index contributed by atoms with van der Waals surface area (Å²) in [6.07, 6.45) is 2.23. The summed E-state index contributed by atoms with van der Waals surface area (Å²) in [6, 6.07) is 8.94. The number of fused-ring (bicyclic) bond motifs is 1. The molecule has 3 heteroatoms. The summed E-state index contributed by atoms with van der Waals surface area (Å²) in [6.45, 7) is 3.08. The number of benzene rings is 1. The van der Waals surface area contributed by atoms with Gasteiger partial charge in [-0.3, -0.25) is 4.90 Å². The van der Waals surface area contributed by atoms with Gasteiger partial charge >= 0.3 is 0 Å². The van der Waals surface area contributed by atoms with Crippen LogP contribution in [0.2, 0.25) is 0 Å². The van der Waals surface area contributed by atoms with Crippen LogP contribution < -0.4 is 5.73 Å². The van der Waals surface area contributed by atoms with Crippen LogP contribution in [0.1, 0.15) is 5.56 Å². The topological polar surface area (TPSA) is 34.2 Å². The van der Waals surface area contributed by atoms with E-state index in [-0.39, 0.29) is 0 Å². The van der Waals surface area contributed by atoms with Gasteiger partial charge in [-0.05, 0) is 11.6 Å². The summed E-state index contributed by atoms with van der Waals surface area (Å²) in [7, 11) is 2.10. The van der Waals surface area contributed by atoms with E-state index in [9.17, 15) is 0 Å². The summed E-state index contributed by atoms with van der Waals surface area (Å²) in [5, 5.41) is 1.37. The molecular weight excluding hydrogens is 198 g/mol. The summed E-state index contributed by atoms with van der Waals surface area (Å²) >= 11 is 0. The van der Waals surface area contributed by atoms with Crippen LogP contribution in [0.15, 0.2) is 30.5 Å². The number of para-hydroxylation sites is 1. The molecular formula is C13H17N3.